The van der Waals surface area contributed by atoms with Gasteiger partial charge in [-0.3, -0.25) is 4.79 Å². The Labute approximate surface area is 193 Å². The van der Waals surface area contributed by atoms with Crippen molar-refractivity contribution in [3.05, 3.63) is 53.1 Å². The van der Waals surface area contributed by atoms with Crippen LogP contribution in [0.1, 0.15) is 24.8 Å². The molecule has 2 aromatic carbocycles. The zero-order valence-corrected chi connectivity index (χ0v) is 19.2. The summed E-state index contributed by atoms with van der Waals surface area (Å²) in [6.45, 7) is 3.15. The summed E-state index contributed by atoms with van der Waals surface area (Å²) in [5.41, 5.74) is 3.59. The van der Waals surface area contributed by atoms with E-state index in [4.69, 9.17) is 26.1 Å². The van der Waals surface area contributed by atoms with Gasteiger partial charge in [-0.1, -0.05) is 23.7 Å². The highest BCUT2D eigenvalue weighted by Gasteiger charge is 2.19. The Hall–Kier alpha value is -2.83. The van der Waals surface area contributed by atoms with Crippen LogP contribution in [0.2, 0.25) is 5.02 Å². The Morgan fingerprint density at radius 2 is 2.03 bits per heavy atom. The molecule has 1 aliphatic rings. The average molecular weight is 454 g/mol. The molecule has 1 saturated heterocycles. The van der Waals surface area contributed by atoms with Gasteiger partial charge in [-0.05, 0) is 55.3 Å². The third kappa shape index (κ3) is 4.81. The second-order valence-corrected chi connectivity index (χ2v) is 8.33. The van der Waals surface area contributed by atoms with Crippen LogP contribution in [-0.2, 0) is 11.3 Å². The van der Waals surface area contributed by atoms with E-state index < -0.39 is 0 Å². The van der Waals surface area contributed by atoms with Crippen molar-refractivity contribution in [2.75, 3.05) is 33.9 Å². The van der Waals surface area contributed by atoms with E-state index in [1.165, 1.54) is 0 Å². The Morgan fingerprint density at radius 3 is 2.78 bits per heavy atom. The number of nitrogens with one attached hydrogen (secondary N) is 1. The summed E-state index contributed by atoms with van der Waals surface area (Å²) in [6.07, 6.45) is 2.58. The second kappa shape index (κ2) is 10.2. The Kier molecular flexibility index (Phi) is 7.12. The number of fused-ring (bicyclic) bond motifs is 1. The van der Waals surface area contributed by atoms with E-state index in [1.807, 2.05) is 41.3 Å². The molecular formula is C25H28ClN3O3. The molecule has 6 nitrogen and oxygen atoms in total. The molecule has 168 valence electrons. The molecule has 1 amide bonds. The molecule has 0 aliphatic carbocycles. The number of halogens is 1. The number of carbonyl (C=O) groups is 1. The zero-order chi connectivity index (χ0) is 22.5. The summed E-state index contributed by atoms with van der Waals surface area (Å²) in [4.78, 5) is 18.7. The van der Waals surface area contributed by atoms with Crippen molar-refractivity contribution < 1.29 is 14.3 Å². The molecule has 3 aromatic rings. The predicted octanol–water partition coefficient (Wildman–Crippen LogP) is 4.67. The van der Waals surface area contributed by atoms with Gasteiger partial charge in [0.05, 0.1) is 25.4 Å². The number of carbonyl (C=O) groups excluding carboxylic acids is 1. The zero-order valence-electron chi connectivity index (χ0n) is 18.5. The molecule has 7 heteroatoms. The third-order valence-electron chi connectivity index (χ3n) is 5.79. The molecule has 1 aromatic heterocycles. The summed E-state index contributed by atoms with van der Waals surface area (Å²) in [7, 11) is 3.26. The smallest absolute Gasteiger partial charge is 0.222 e. The summed E-state index contributed by atoms with van der Waals surface area (Å²) in [5, 5.41) is 5.19. The summed E-state index contributed by atoms with van der Waals surface area (Å²) >= 11 is 6.22. The number of benzene rings is 2. The predicted molar refractivity (Wildman–Crippen MR) is 127 cm³/mol. The van der Waals surface area contributed by atoms with Crippen LogP contribution >= 0.6 is 11.6 Å². The molecule has 0 bridgehead atoms. The van der Waals surface area contributed by atoms with Crippen molar-refractivity contribution in [1.82, 2.24) is 15.2 Å². The van der Waals surface area contributed by atoms with Crippen LogP contribution in [0.4, 0.5) is 0 Å². The lowest BCUT2D eigenvalue weighted by Gasteiger charge is -2.17. The molecule has 1 aliphatic heterocycles. The Morgan fingerprint density at radius 1 is 1.16 bits per heavy atom. The molecule has 0 unspecified atom stereocenters. The largest absolute Gasteiger partial charge is 0.493 e. The van der Waals surface area contributed by atoms with Gasteiger partial charge in [0.15, 0.2) is 11.5 Å². The van der Waals surface area contributed by atoms with Crippen LogP contribution < -0.4 is 14.8 Å². The van der Waals surface area contributed by atoms with Gasteiger partial charge in [0.2, 0.25) is 5.91 Å². The fraction of sp³-hybridized carbons (Fsp3) is 0.360. The Balaban J connectivity index is 1.59. The van der Waals surface area contributed by atoms with Gasteiger partial charge in [0, 0.05) is 42.0 Å². The maximum absolute atomic E-state index is 11.8. The lowest BCUT2D eigenvalue weighted by molar-refractivity contribution is -0.127. The minimum Gasteiger partial charge on any atom is -0.493 e. The van der Waals surface area contributed by atoms with Crippen molar-refractivity contribution in [1.29, 1.82) is 0 Å². The number of ether oxygens (including phenoxy) is 2. The molecule has 0 spiro atoms. The van der Waals surface area contributed by atoms with Crippen LogP contribution in [0.25, 0.3) is 22.2 Å². The van der Waals surface area contributed by atoms with Crippen LogP contribution in [0.5, 0.6) is 11.5 Å². The van der Waals surface area contributed by atoms with Crippen molar-refractivity contribution in [2.24, 2.45) is 0 Å². The van der Waals surface area contributed by atoms with E-state index in [2.05, 4.69) is 11.4 Å². The minimum atomic E-state index is 0.273. The van der Waals surface area contributed by atoms with Crippen molar-refractivity contribution in [3.63, 3.8) is 0 Å². The second-order valence-electron chi connectivity index (χ2n) is 7.89. The van der Waals surface area contributed by atoms with Gasteiger partial charge < -0.3 is 19.7 Å². The lowest BCUT2D eigenvalue weighted by Crippen LogP contribution is -2.28. The molecular weight excluding hydrogens is 426 g/mol. The van der Waals surface area contributed by atoms with E-state index in [9.17, 15) is 4.79 Å². The first kappa shape index (κ1) is 22.4. The maximum atomic E-state index is 11.8. The van der Waals surface area contributed by atoms with Gasteiger partial charge in [-0.2, -0.15) is 0 Å². The Bertz CT molecular complexity index is 1120. The normalized spacial score (nSPS) is 13.7. The van der Waals surface area contributed by atoms with Gasteiger partial charge in [0.25, 0.3) is 0 Å². The number of methoxy groups -OCH3 is 2. The molecule has 0 radical (unpaired) electrons. The van der Waals surface area contributed by atoms with Crippen LogP contribution in [0.3, 0.4) is 0 Å². The number of nitrogens with zero attached hydrogens (tertiary/aromatic N) is 2. The first-order valence-corrected chi connectivity index (χ1v) is 11.3. The van der Waals surface area contributed by atoms with E-state index in [1.54, 1.807) is 14.2 Å². The molecule has 2 heterocycles. The van der Waals surface area contributed by atoms with Crippen LogP contribution in [0, 0.1) is 0 Å². The highest BCUT2D eigenvalue weighted by Crippen LogP contribution is 2.39. The highest BCUT2D eigenvalue weighted by atomic mass is 35.5. The van der Waals surface area contributed by atoms with E-state index in [0.29, 0.717) is 29.5 Å². The first-order chi connectivity index (χ1) is 15.6. The number of pyridine rings is 1. The summed E-state index contributed by atoms with van der Waals surface area (Å²) in [6, 6.07) is 13.7. The lowest BCUT2D eigenvalue weighted by atomic mass is 10.0. The average Bonchev–Trinajstić information content (AvgIpc) is 3.22. The summed E-state index contributed by atoms with van der Waals surface area (Å²) < 4.78 is 11.2. The van der Waals surface area contributed by atoms with Gasteiger partial charge in [-0.25, -0.2) is 4.98 Å². The number of para-hydroxylation sites is 1. The fourth-order valence-corrected chi connectivity index (χ4v) is 4.35. The SMILES string of the molecule is COc1cccc(-c2nc3cc(Cl)ccc3cc2CNCCCN2CCCC2=O)c1OC. The number of hydrogen-bond acceptors (Lipinski definition) is 5. The third-order valence-corrected chi connectivity index (χ3v) is 6.02. The van der Waals surface area contributed by atoms with Gasteiger partial charge in [0.1, 0.15) is 0 Å². The standard InChI is InChI=1S/C25H28ClN3O3/c1-31-22-7-3-6-20(25(22)32-2)24-18(14-17-9-10-19(26)15-21(17)28-24)16-27-11-5-13-29-12-4-8-23(29)30/h3,6-7,9-10,14-15,27H,4-5,8,11-13,16H2,1-2H3. The minimum absolute atomic E-state index is 0.273. The van der Waals surface area contributed by atoms with Crippen LogP contribution in [-0.4, -0.2) is 49.6 Å². The van der Waals surface area contributed by atoms with Gasteiger partial charge >= 0.3 is 0 Å². The molecule has 1 fully saturated rings. The number of likely N-dealkylation sites (tertiary alicyclic amines) is 1. The maximum Gasteiger partial charge on any atom is 0.222 e. The monoisotopic (exact) mass is 453 g/mol. The van der Waals surface area contributed by atoms with E-state index >= 15 is 0 Å². The number of rotatable bonds is 9. The molecule has 0 atom stereocenters. The quantitative estimate of drug-likeness (QED) is 0.477. The number of hydrogen-bond donors (Lipinski definition) is 1. The van der Waals surface area contributed by atoms with Gasteiger partial charge in [-0.15, -0.1) is 0 Å². The molecule has 32 heavy (non-hydrogen) atoms. The topological polar surface area (TPSA) is 63.7 Å². The molecule has 4 rings (SSSR count). The number of aromatic nitrogens is 1. The van der Waals surface area contributed by atoms with E-state index in [-0.39, 0.29) is 5.91 Å². The number of amides is 1. The summed E-state index contributed by atoms with van der Waals surface area (Å²) in [5.74, 6) is 1.58. The fourth-order valence-electron chi connectivity index (χ4n) is 4.18. The highest BCUT2D eigenvalue weighted by molar-refractivity contribution is 6.31. The first-order valence-electron chi connectivity index (χ1n) is 10.9. The van der Waals surface area contributed by atoms with Crippen molar-refractivity contribution in [3.8, 4) is 22.8 Å². The molecule has 0 saturated carbocycles. The van der Waals surface area contributed by atoms with Crippen molar-refractivity contribution in [2.45, 2.75) is 25.8 Å². The van der Waals surface area contributed by atoms with E-state index in [0.717, 1.165) is 60.2 Å². The molecule has 1 N–H and O–H groups in total. The van der Waals surface area contributed by atoms with Crippen LogP contribution in [0.15, 0.2) is 42.5 Å². The van der Waals surface area contributed by atoms with Crippen molar-refractivity contribution >= 4 is 28.4 Å².